The van der Waals surface area contributed by atoms with Crippen LogP contribution in [0.25, 0.3) is 0 Å². The quantitative estimate of drug-likeness (QED) is 0.560. The monoisotopic (exact) mass is 446 g/mol. The molecule has 150 valence electrons. The second-order valence-electron chi connectivity index (χ2n) is 6.21. The average Bonchev–Trinajstić information content (AvgIpc) is 2.68. The van der Waals surface area contributed by atoms with Gasteiger partial charge in [-0.15, -0.1) is 0 Å². The van der Waals surface area contributed by atoms with Crippen LogP contribution in [0.15, 0.2) is 88.7 Å². The Balaban J connectivity index is 1.78. The summed E-state index contributed by atoms with van der Waals surface area (Å²) in [6.45, 7) is -0.342. The molecule has 0 heterocycles. The van der Waals surface area contributed by atoms with E-state index in [4.69, 9.17) is 11.6 Å². The number of halogens is 1. The second kappa shape index (κ2) is 9.35. The SMILES string of the molecule is CS(=O)(=O)N(CC(=O)Nc1ccccc1Sc1ccccc1)c1ccc(Cl)cc1. The molecule has 0 spiro atoms. The van der Waals surface area contributed by atoms with Crippen LogP contribution >= 0.6 is 23.4 Å². The topological polar surface area (TPSA) is 66.5 Å². The highest BCUT2D eigenvalue weighted by atomic mass is 35.5. The summed E-state index contributed by atoms with van der Waals surface area (Å²) in [4.78, 5) is 14.6. The third-order valence-electron chi connectivity index (χ3n) is 3.93. The van der Waals surface area contributed by atoms with Crippen LogP contribution in [-0.2, 0) is 14.8 Å². The van der Waals surface area contributed by atoms with Gasteiger partial charge in [-0.2, -0.15) is 0 Å². The summed E-state index contributed by atoms with van der Waals surface area (Å²) in [6.07, 6.45) is 1.06. The van der Waals surface area contributed by atoms with Gasteiger partial charge < -0.3 is 5.32 Å². The van der Waals surface area contributed by atoms with Crippen LogP contribution in [-0.4, -0.2) is 27.1 Å². The Morgan fingerprint density at radius 2 is 1.59 bits per heavy atom. The van der Waals surface area contributed by atoms with Crippen LogP contribution < -0.4 is 9.62 Å². The van der Waals surface area contributed by atoms with Crippen molar-refractivity contribution in [3.05, 3.63) is 83.9 Å². The molecule has 0 bridgehead atoms. The van der Waals surface area contributed by atoms with Crippen LogP contribution in [0.4, 0.5) is 11.4 Å². The lowest BCUT2D eigenvalue weighted by Crippen LogP contribution is -2.37. The summed E-state index contributed by atoms with van der Waals surface area (Å²) in [5.74, 6) is -0.438. The first-order valence-electron chi connectivity index (χ1n) is 8.68. The molecule has 8 heteroatoms. The van der Waals surface area contributed by atoms with Crippen molar-refractivity contribution < 1.29 is 13.2 Å². The minimum absolute atomic E-state index is 0.342. The molecule has 0 saturated carbocycles. The molecule has 3 aromatic rings. The fraction of sp³-hybridized carbons (Fsp3) is 0.0952. The number of benzene rings is 3. The summed E-state index contributed by atoms with van der Waals surface area (Å²) in [7, 11) is -3.65. The number of nitrogens with zero attached hydrogens (tertiary/aromatic N) is 1. The van der Waals surface area contributed by atoms with Gasteiger partial charge in [0.25, 0.3) is 0 Å². The largest absolute Gasteiger partial charge is 0.323 e. The van der Waals surface area contributed by atoms with Crippen LogP contribution in [0.1, 0.15) is 0 Å². The van der Waals surface area contributed by atoms with Crippen molar-refractivity contribution in [2.24, 2.45) is 0 Å². The van der Waals surface area contributed by atoms with Gasteiger partial charge in [0.2, 0.25) is 15.9 Å². The number of rotatable bonds is 7. The zero-order valence-electron chi connectivity index (χ0n) is 15.6. The smallest absolute Gasteiger partial charge is 0.245 e. The Labute approximate surface area is 179 Å². The van der Waals surface area contributed by atoms with Crippen LogP contribution in [0, 0.1) is 0 Å². The summed E-state index contributed by atoms with van der Waals surface area (Å²) in [5, 5.41) is 3.31. The van der Waals surface area contributed by atoms with Crippen molar-refractivity contribution >= 4 is 50.7 Å². The van der Waals surface area contributed by atoms with E-state index >= 15 is 0 Å². The van der Waals surface area contributed by atoms with Crippen molar-refractivity contribution in [1.82, 2.24) is 0 Å². The number of sulfonamides is 1. The van der Waals surface area contributed by atoms with Crippen molar-refractivity contribution in [3.63, 3.8) is 0 Å². The van der Waals surface area contributed by atoms with Gasteiger partial charge in [0.1, 0.15) is 6.54 Å². The molecule has 0 aliphatic rings. The lowest BCUT2D eigenvalue weighted by Gasteiger charge is -2.22. The molecule has 3 rings (SSSR count). The average molecular weight is 447 g/mol. The van der Waals surface area contributed by atoms with Gasteiger partial charge in [-0.05, 0) is 48.5 Å². The van der Waals surface area contributed by atoms with Crippen LogP contribution in [0.3, 0.4) is 0 Å². The molecule has 0 aliphatic carbocycles. The van der Waals surface area contributed by atoms with Gasteiger partial charge in [-0.25, -0.2) is 8.42 Å². The number of amides is 1. The van der Waals surface area contributed by atoms with E-state index in [0.717, 1.165) is 20.4 Å². The standard InChI is InChI=1S/C21H19ClN2O3S2/c1-29(26,27)24(17-13-11-16(22)12-14-17)15-21(25)23-19-9-5-6-10-20(19)28-18-7-3-2-4-8-18/h2-14H,15H2,1H3,(H,23,25). The number of nitrogens with one attached hydrogen (secondary N) is 1. The number of anilines is 2. The molecular formula is C21H19ClN2O3S2. The van der Waals surface area contributed by atoms with Gasteiger partial charge in [0.05, 0.1) is 17.6 Å². The first kappa shape index (κ1) is 21.2. The minimum Gasteiger partial charge on any atom is -0.323 e. The predicted octanol–water partition coefficient (Wildman–Crippen LogP) is 4.90. The number of carbonyl (C=O) groups is 1. The highest BCUT2D eigenvalue weighted by Crippen LogP contribution is 2.33. The highest BCUT2D eigenvalue weighted by molar-refractivity contribution is 7.99. The number of hydrogen-bond donors (Lipinski definition) is 1. The zero-order valence-corrected chi connectivity index (χ0v) is 18.0. The van der Waals surface area contributed by atoms with Gasteiger partial charge >= 0.3 is 0 Å². The molecule has 0 fully saturated rings. The first-order valence-corrected chi connectivity index (χ1v) is 11.7. The molecule has 1 N–H and O–H groups in total. The van der Waals surface area contributed by atoms with Gasteiger partial charge in [-0.1, -0.05) is 53.7 Å². The maximum atomic E-state index is 12.7. The summed E-state index contributed by atoms with van der Waals surface area (Å²) >= 11 is 7.40. The highest BCUT2D eigenvalue weighted by Gasteiger charge is 2.21. The Bertz CT molecular complexity index is 1090. The molecule has 0 aliphatic heterocycles. The van der Waals surface area contributed by atoms with E-state index in [0.29, 0.717) is 16.4 Å². The normalized spacial score (nSPS) is 11.1. The Morgan fingerprint density at radius 3 is 2.24 bits per heavy atom. The third kappa shape index (κ3) is 6.00. The van der Waals surface area contributed by atoms with E-state index in [-0.39, 0.29) is 6.54 Å². The van der Waals surface area contributed by atoms with Crippen molar-refractivity contribution in [1.29, 1.82) is 0 Å². The van der Waals surface area contributed by atoms with Crippen LogP contribution in [0.2, 0.25) is 5.02 Å². The van der Waals surface area contributed by atoms with E-state index in [9.17, 15) is 13.2 Å². The fourth-order valence-corrected chi connectivity index (χ4v) is 4.51. The van der Waals surface area contributed by atoms with Crippen molar-refractivity contribution in [2.45, 2.75) is 9.79 Å². The lowest BCUT2D eigenvalue weighted by atomic mass is 10.3. The molecule has 0 radical (unpaired) electrons. The van der Waals surface area contributed by atoms with Gasteiger partial charge in [-0.3, -0.25) is 9.10 Å². The molecular weight excluding hydrogens is 428 g/mol. The second-order valence-corrected chi connectivity index (χ2v) is 9.66. The maximum absolute atomic E-state index is 12.7. The first-order chi connectivity index (χ1) is 13.8. The van der Waals surface area contributed by atoms with Gasteiger partial charge in [0, 0.05) is 14.8 Å². The van der Waals surface area contributed by atoms with Crippen molar-refractivity contribution in [2.75, 3.05) is 22.4 Å². The van der Waals surface area contributed by atoms with E-state index in [1.807, 2.05) is 48.5 Å². The van der Waals surface area contributed by atoms with Crippen LogP contribution in [0.5, 0.6) is 0 Å². The molecule has 3 aromatic carbocycles. The lowest BCUT2D eigenvalue weighted by molar-refractivity contribution is -0.114. The van der Waals surface area contributed by atoms with Gasteiger partial charge in [0.15, 0.2) is 0 Å². The zero-order chi connectivity index (χ0) is 20.9. The van der Waals surface area contributed by atoms with E-state index in [1.165, 1.54) is 11.8 Å². The summed E-state index contributed by atoms with van der Waals surface area (Å²) in [5.41, 5.74) is 0.995. The molecule has 0 unspecified atom stereocenters. The molecule has 0 atom stereocenters. The minimum atomic E-state index is -3.65. The Kier molecular flexibility index (Phi) is 6.84. The van der Waals surface area contributed by atoms with E-state index < -0.39 is 15.9 Å². The number of para-hydroxylation sites is 1. The Hall–Kier alpha value is -2.48. The maximum Gasteiger partial charge on any atom is 0.245 e. The predicted molar refractivity (Wildman–Crippen MR) is 119 cm³/mol. The van der Waals surface area contributed by atoms with Crippen molar-refractivity contribution in [3.8, 4) is 0 Å². The number of carbonyl (C=O) groups excluding carboxylic acids is 1. The van der Waals surface area contributed by atoms with E-state index in [2.05, 4.69) is 5.32 Å². The molecule has 0 saturated heterocycles. The third-order valence-corrected chi connectivity index (χ3v) is 6.41. The fourth-order valence-electron chi connectivity index (χ4n) is 2.60. The molecule has 1 amide bonds. The number of hydrogen-bond acceptors (Lipinski definition) is 4. The summed E-state index contributed by atoms with van der Waals surface area (Å²) in [6, 6.07) is 23.5. The molecule has 5 nitrogen and oxygen atoms in total. The van der Waals surface area contributed by atoms with E-state index in [1.54, 1.807) is 30.3 Å². The molecule has 0 aromatic heterocycles. The Morgan fingerprint density at radius 1 is 0.966 bits per heavy atom. The summed E-state index contributed by atoms with van der Waals surface area (Å²) < 4.78 is 25.5. The molecule has 29 heavy (non-hydrogen) atoms.